The van der Waals surface area contributed by atoms with E-state index in [1.807, 2.05) is 20.8 Å². The highest BCUT2D eigenvalue weighted by Crippen LogP contribution is 2.33. The van der Waals surface area contributed by atoms with E-state index in [2.05, 4.69) is 22.6 Å². The summed E-state index contributed by atoms with van der Waals surface area (Å²) in [6, 6.07) is -0.989. The molecule has 0 saturated carbocycles. The number of nitrogens with zero attached hydrogens (tertiary/aromatic N) is 3. The van der Waals surface area contributed by atoms with Gasteiger partial charge in [-0.05, 0) is 38.4 Å². The number of rotatable bonds is 3. The molecule has 0 spiro atoms. The zero-order valence-corrected chi connectivity index (χ0v) is 17.7. The van der Waals surface area contributed by atoms with Crippen molar-refractivity contribution >= 4 is 11.9 Å². The van der Waals surface area contributed by atoms with Crippen molar-refractivity contribution in [2.45, 2.75) is 58.6 Å². The molecule has 8 nitrogen and oxygen atoms in total. The fourth-order valence-corrected chi connectivity index (χ4v) is 4.04. The summed E-state index contributed by atoms with van der Waals surface area (Å²) in [6.45, 7) is 8.94. The van der Waals surface area contributed by atoms with Crippen LogP contribution in [0.15, 0.2) is 0 Å². The number of carbonyl (C=O) groups excluding carboxylic acids is 2. The van der Waals surface area contributed by atoms with Crippen molar-refractivity contribution in [3.8, 4) is 0 Å². The summed E-state index contributed by atoms with van der Waals surface area (Å²) in [5.41, 5.74) is 2.55. The number of hydrogen-bond acceptors (Lipinski definition) is 5. The Morgan fingerprint density at radius 2 is 1.93 bits per heavy atom. The molecule has 3 heterocycles. The standard InChI is InChI=1S/C20H33N5O3/c1-20(2,3)17(18(26)21-4)22-19(27)25-15-8-11-28-12-14(15)16(23-25)13-6-9-24(5)10-7-13/h13,17H,6-12H2,1-5H3,(H,21,26)(H,22,27)/t17-/m1/s1. The zero-order chi connectivity index (χ0) is 20.5. The highest BCUT2D eigenvalue weighted by atomic mass is 16.5. The Bertz CT molecular complexity index is 729. The van der Waals surface area contributed by atoms with Crippen LogP contribution in [0, 0.1) is 5.41 Å². The highest BCUT2D eigenvalue weighted by Gasteiger charge is 2.35. The molecule has 2 aliphatic rings. The van der Waals surface area contributed by atoms with Gasteiger partial charge in [0.1, 0.15) is 6.04 Å². The van der Waals surface area contributed by atoms with Gasteiger partial charge in [-0.25, -0.2) is 4.79 Å². The number of hydrogen-bond donors (Lipinski definition) is 2. The molecule has 1 atom stereocenters. The van der Waals surface area contributed by atoms with E-state index in [1.54, 1.807) is 7.05 Å². The number of aromatic nitrogens is 2. The Morgan fingerprint density at radius 3 is 2.54 bits per heavy atom. The zero-order valence-electron chi connectivity index (χ0n) is 17.7. The lowest BCUT2D eigenvalue weighted by Crippen LogP contribution is -2.54. The molecule has 1 saturated heterocycles. The summed E-state index contributed by atoms with van der Waals surface area (Å²) in [4.78, 5) is 27.7. The van der Waals surface area contributed by atoms with Gasteiger partial charge in [-0.1, -0.05) is 20.8 Å². The Balaban J connectivity index is 1.89. The van der Waals surface area contributed by atoms with E-state index in [4.69, 9.17) is 9.84 Å². The van der Waals surface area contributed by atoms with Gasteiger partial charge in [0.15, 0.2) is 0 Å². The van der Waals surface area contributed by atoms with E-state index in [1.165, 1.54) is 4.68 Å². The second-order valence-corrected chi connectivity index (χ2v) is 8.97. The summed E-state index contributed by atoms with van der Waals surface area (Å²) in [7, 11) is 3.71. The van der Waals surface area contributed by atoms with Gasteiger partial charge in [-0.15, -0.1) is 0 Å². The quantitative estimate of drug-likeness (QED) is 0.815. The summed E-state index contributed by atoms with van der Waals surface area (Å²) in [6.07, 6.45) is 2.72. The second kappa shape index (κ2) is 8.21. The van der Waals surface area contributed by atoms with Gasteiger partial charge in [0.25, 0.3) is 0 Å². The van der Waals surface area contributed by atoms with Gasteiger partial charge in [-0.2, -0.15) is 9.78 Å². The lowest BCUT2D eigenvalue weighted by Gasteiger charge is -2.29. The van der Waals surface area contributed by atoms with Crippen molar-refractivity contribution in [2.75, 3.05) is 33.8 Å². The van der Waals surface area contributed by atoms with E-state index < -0.39 is 11.5 Å². The fourth-order valence-electron chi connectivity index (χ4n) is 4.04. The maximum Gasteiger partial charge on any atom is 0.342 e. The lowest BCUT2D eigenvalue weighted by atomic mass is 9.86. The maximum atomic E-state index is 13.1. The minimum atomic E-state index is -0.642. The second-order valence-electron chi connectivity index (χ2n) is 8.97. The predicted molar refractivity (Wildman–Crippen MR) is 106 cm³/mol. The van der Waals surface area contributed by atoms with Crippen LogP contribution < -0.4 is 10.6 Å². The number of amides is 2. The lowest BCUT2D eigenvalue weighted by molar-refractivity contribution is -0.124. The Morgan fingerprint density at radius 1 is 1.25 bits per heavy atom. The van der Waals surface area contributed by atoms with E-state index >= 15 is 0 Å². The van der Waals surface area contributed by atoms with Crippen LogP contribution in [0.4, 0.5) is 4.79 Å². The van der Waals surface area contributed by atoms with Gasteiger partial charge in [0.2, 0.25) is 5.91 Å². The molecule has 0 aliphatic carbocycles. The van der Waals surface area contributed by atoms with Gasteiger partial charge in [0.05, 0.1) is 24.6 Å². The number of piperidine rings is 1. The van der Waals surface area contributed by atoms with Gasteiger partial charge in [-0.3, -0.25) is 4.79 Å². The maximum absolute atomic E-state index is 13.1. The summed E-state index contributed by atoms with van der Waals surface area (Å²) < 4.78 is 7.15. The first kappa shape index (κ1) is 20.8. The molecule has 1 aromatic heterocycles. The summed E-state index contributed by atoms with van der Waals surface area (Å²) in [5.74, 6) is 0.138. The minimum absolute atomic E-state index is 0.208. The Labute approximate surface area is 167 Å². The van der Waals surface area contributed by atoms with Crippen LogP contribution in [0.25, 0.3) is 0 Å². The van der Waals surface area contributed by atoms with Crippen molar-refractivity contribution in [3.05, 3.63) is 17.0 Å². The number of fused-ring (bicyclic) bond motifs is 1. The van der Waals surface area contributed by atoms with Crippen molar-refractivity contribution in [1.82, 2.24) is 25.3 Å². The smallest absolute Gasteiger partial charge is 0.342 e. The third kappa shape index (κ3) is 4.22. The average Bonchev–Trinajstić information content (AvgIpc) is 3.05. The Kier molecular flexibility index (Phi) is 6.09. The van der Waals surface area contributed by atoms with Gasteiger partial charge in [0, 0.05) is 24.9 Å². The molecule has 8 heteroatoms. The molecule has 0 radical (unpaired) electrons. The van der Waals surface area contributed by atoms with Crippen LogP contribution in [0.1, 0.15) is 56.5 Å². The van der Waals surface area contributed by atoms with Gasteiger partial charge >= 0.3 is 6.03 Å². The molecule has 156 valence electrons. The summed E-state index contributed by atoms with van der Waals surface area (Å²) in [5, 5.41) is 10.3. The first-order chi connectivity index (χ1) is 13.2. The molecule has 1 fully saturated rings. The molecule has 0 aromatic carbocycles. The third-order valence-electron chi connectivity index (χ3n) is 5.79. The first-order valence-electron chi connectivity index (χ1n) is 10.1. The minimum Gasteiger partial charge on any atom is -0.376 e. The van der Waals surface area contributed by atoms with Crippen LogP contribution in [-0.4, -0.2) is 66.5 Å². The topological polar surface area (TPSA) is 88.5 Å². The van der Waals surface area contributed by atoms with E-state index in [-0.39, 0.29) is 11.9 Å². The number of likely N-dealkylation sites (tertiary alicyclic amines) is 1. The van der Waals surface area contributed by atoms with Gasteiger partial charge < -0.3 is 20.3 Å². The molecular formula is C20H33N5O3. The first-order valence-corrected chi connectivity index (χ1v) is 10.1. The monoisotopic (exact) mass is 391 g/mol. The van der Waals surface area contributed by atoms with Crippen molar-refractivity contribution in [3.63, 3.8) is 0 Å². The molecule has 1 aromatic rings. The largest absolute Gasteiger partial charge is 0.376 e. The van der Waals surface area contributed by atoms with E-state index in [0.717, 1.165) is 42.9 Å². The third-order valence-corrected chi connectivity index (χ3v) is 5.79. The van der Waals surface area contributed by atoms with Crippen LogP contribution in [0.3, 0.4) is 0 Å². The van der Waals surface area contributed by atoms with E-state index in [0.29, 0.717) is 25.6 Å². The predicted octanol–water partition coefficient (Wildman–Crippen LogP) is 1.48. The van der Waals surface area contributed by atoms with Crippen molar-refractivity contribution < 1.29 is 14.3 Å². The number of ether oxygens (including phenoxy) is 1. The van der Waals surface area contributed by atoms with E-state index in [9.17, 15) is 9.59 Å². The normalized spacial score (nSPS) is 19.8. The molecule has 28 heavy (non-hydrogen) atoms. The highest BCUT2D eigenvalue weighted by molar-refractivity contribution is 5.88. The molecule has 2 aliphatic heterocycles. The number of likely N-dealkylation sites (N-methyl/N-ethyl adjacent to an activating group) is 1. The fraction of sp³-hybridized carbons (Fsp3) is 0.750. The number of carbonyl (C=O) groups is 2. The van der Waals surface area contributed by atoms with Crippen molar-refractivity contribution in [1.29, 1.82) is 0 Å². The average molecular weight is 392 g/mol. The molecule has 0 bridgehead atoms. The van der Waals surface area contributed by atoms with Crippen LogP contribution in [0.2, 0.25) is 0 Å². The molecule has 2 amide bonds. The molecule has 3 rings (SSSR count). The SMILES string of the molecule is CNC(=O)[C@@H](NC(=O)n1nc(C2CCN(C)CC2)c2c1CCOC2)C(C)(C)C. The summed E-state index contributed by atoms with van der Waals surface area (Å²) >= 11 is 0. The van der Waals surface area contributed by atoms with Crippen LogP contribution in [0.5, 0.6) is 0 Å². The van der Waals surface area contributed by atoms with Crippen LogP contribution >= 0.6 is 0 Å². The Hall–Kier alpha value is -1.93. The molecule has 0 unspecified atom stereocenters. The number of nitrogens with one attached hydrogen (secondary N) is 2. The van der Waals surface area contributed by atoms with Crippen molar-refractivity contribution in [2.24, 2.45) is 5.41 Å². The molecule has 2 N–H and O–H groups in total. The molecular weight excluding hydrogens is 358 g/mol. The van der Waals surface area contributed by atoms with Crippen LogP contribution in [-0.2, 0) is 22.6 Å².